The van der Waals surface area contributed by atoms with Crippen LogP contribution >= 0.6 is 11.8 Å². The van der Waals surface area contributed by atoms with E-state index in [-0.39, 0.29) is 0 Å². The third-order valence-corrected chi connectivity index (χ3v) is 5.92. The lowest BCUT2D eigenvalue weighted by Crippen LogP contribution is -2.26. The number of benzene rings is 1. The van der Waals surface area contributed by atoms with Gasteiger partial charge in [-0.15, -0.1) is 11.8 Å². The SMILES string of the molecule is CSc1ccc2[nH]c(-c3ccncc3)c(C[C@H]3CCCN3C)c2c1. The smallest absolute Gasteiger partial charge is 0.0499 e. The number of nitrogens with zero attached hydrogens (tertiary/aromatic N) is 2. The van der Waals surface area contributed by atoms with Crippen LogP contribution < -0.4 is 0 Å². The first-order valence-corrected chi connectivity index (χ1v) is 9.78. The van der Waals surface area contributed by atoms with E-state index in [4.69, 9.17) is 0 Å². The van der Waals surface area contributed by atoms with E-state index < -0.39 is 0 Å². The predicted molar refractivity (Wildman–Crippen MR) is 103 cm³/mol. The zero-order chi connectivity index (χ0) is 16.5. The Kier molecular flexibility index (Phi) is 4.33. The van der Waals surface area contributed by atoms with Gasteiger partial charge < -0.3 is 9.88 Å². The Balaban J connectivity index is 1.85. The fourth-order valence-electron chi connectivity index (χ4n) is 3.80. The van der Waals surface area contributed by atoms with E-state index in [1.54, 1.807) is 11.8 Å². The summed E-state index contributed by atoms with van der Waals surface area (Å²) >= 11 is 1.81. The average molecular weight is 337 g/mol. The number of thioether (sulfide) groups is 1. The van der Waals surface area contributed by atoms with Crippen molar-refractivity contribution in [3.05, 3.63) is 48.3 Å². The molecule has 1 aliphatic heterocycles. The highest BCUT2D eigenvalue weighted by molar-refractivity contribution is 7.98. The first-order chi connectivity index (χ1) is 11.8. The molecule has 0 aliphatic carbocycles. The fraction of sp³-hybridized carbons (Fsp3) is 0.350. The second-order valence-electron chi connectivity index (χ2n) is 6.61. The summed E-state index contributed by atoms with van der Waals surface area (Å²) in [4.78, 5) is 11.7. The molecule has 0 radical (unpaired) electrons. The summed E-state index contributed by atoms with van der Waals surface area (Å²) in [6.45, 7) is 1.22. The number of hydrogen-bond donors (Lipinski definition) is 1. The average Bonchev–Trinajstić information content (AvgIpc) is 3.19. The number of nitrogens with one attached hydrogen (secondary N) is 1. The lowest BCUT2D eigenvalue weighted by molar-refractivity contribution is 0.310. The minimum atomic E-state index is 0.641. The number of pyridine rings is 1. The van der Waals surface area contributed by atoms with Crippen molar-refractivity contribution in [2.45, 2.75) is 30.2 Å². The van der Waals surface area contributed by atoms with Gasteiger partial charge >= 0.3 is 0 Å². The van der Waals surface area contributed by atoms with Crippen molar-refractivity contribution < 1.29 is 0 Å². The number of aromatic amines is 1. The molecule has 0 unspecified atom stereocenters. The van der Waals surface area contributed by atoms with Crippen LogP contribution in [0.1, 0.15) is 18.4 Å². The molecule has 0 saturated carbocycles. The topological polar surface area (TPSA) is 31.9 Å². The maximum atomic E-state index is 4.17. The van der Waals surface area contributed by atoms with Crippen molar-refractivity contribution in [3.8, 4) is 11.3 Å². The van der Waals surface area contributed by atoms with Gasteiger partial charge in [-0.25, -0.2) is 0 Å². The molecule has 1 fully saturated rings. The number of rotatable bonds is 4. The molecule has 1 saturated heterocycles. The molecule has 3 aromatic rings. The normalized spacial score (nSPS) is 18.5. The van der Waals surface area contributed by atoms with Crippen LogP contribution in [0.25, 0.3) is 22.2 Å². The van der Waals surface area contributed by atoms with E-state index in [1.165, 1.54) is 52.0 Å². The minimum absolute atomic E-state index is 0.641. The summed E-state index contributed by atoms with van der Waals surface area (Å²) in [5, 5.41) is 1.37. The molecule has 4 heteroatoms. The summed E-state index contributed by atoms with van der Waals surface area (Å²) in [6, 6.07) is 11.6. The Morgan fingerprint density at radius 2 is 2.08 bits per heavy atom. The van der Waals surface area contributed by atoms with Gasteiger partial charge in [0.1, 0.15) is 0 Å². The van der Waals surface area contributed by atoms with Gasteiger partial charge in [0.2, 0.25) is 0 Å². The monoisotopic (exact) mass is 337 g/mol. The first kappa shape index (κ1) is 15.7. The maximum Gasteiger partial charge on any atom is 0.0499 e. The molecular weight excluding hydrogens is 314 g/mol. The lowest BCUT2D eigenvalue weighted by atomic mass is 9.98. The third kappa shape index (κ3) is 2.85. The molecule has 3 heterocycles. The Morgan fingerprint density at radius 1 is 1.25 bits per heavy atom. The molecule has 24 heavy (non-hydrogen) atoms. The van der Waals surface area contributed by atoms with Gasteiger partial charge in [-0.1, -0.05) is 0 Å². The molecule has 1 atom stereocenters. The van der Waals surface area contributed by atoms with Gasteiger partial charge in [0.25, 0.3) is 0 Å². The van der Waals surface area contributed by atoms with Crippen molar-refractivity contribution in [1.82, 2.24) is 14.9 Å². The highest BCUT2D eigenvalue weighted by atomic mass is 32.2. The van der Waals surface area contributed by atoms with E-state index >= 15 is 0 Å². The highest BCUT2D eigenvalue weighted by Gasteiger charge is 2.24. The van der Waals surface area contributed by atoms with E-state index in [0.717, 1.165) is 6.42 Å². The van der Waals surface area contributed by atoms with E-state index in [2.05, 4.69) is 58.5 Å². The van der Waals surface area contributed by atoms with Gasteiger partial charge in [0.15, 0.2) is 0 Å². The van der Waals surface area contributed by atoms with Gasteiger partial charge in [-0.05, 0) is 75.0 Å². The summed E-state index contributed by atoms with van der Waals surface area (Å²) in [5.74, 6) is 0. The van der Waals surface area contributed by atoms with E-state index in [9.17, 15) is 0 Å². The molecule has 2 aromatic heterocycles. The number of likely N-dealkylation sites (N-methyl/N-ethyl adjacent to an activating group) is 1. The standard InChI is InChI=1S/C20H23N3S/c1-23-11-3-4-15(23)12-18-17-13-16(24-2)5-6-19(17)22-20(18)14-7-9-21-10-8-14/h5-10,13,15,22H,3-4,11-12H2,1-2H3/t15-/m1/s1. The van der Waals surface area contributed by atoms with Crippen LogP contribution in [0, 0.1) is 0 Å². The van der Waals surface area contributed by atoms with Crippen molar-refractivity contribution in [2.75, 3.05) is 19.8 Å². The summed E-state index contributed by atoms with van der Waals surface area (Å²) < 4.78 is 0. The number of H-pyrrole nitrogens is 1. The predicted octanol–water partition coefficient (Wildman–Crippen LogP) is 4.59. The largest absolute Gasteiger partial charge is 0.354 e. The second kappa shape index (κ2) is 6.61. The van der Waals surface area contributed by atoms with Gasteiger partial charge in [-0.2, -0.15) is 0 Å². The molecular formula is C20H23N3S. The first-order valence-electron chi connectivity index (χ1n) is 8.55. The number of hydrogen-bond acceptors (Lipinski definition) is 3. The number of aromatic nitrogens is 2. The van der Waals surface area contributed by atoms with Crippen LogP contribution in [0.15, 0.2) is 47.6 Å². The minimum Gasteiger partial charge on any atom is -0.354 e. The van der Waals surface area contributed by atoms with Crippen molar-refractivity contribution >= 4 is 22.7 Å². The molecule has 0 spiro atoms. The van der Waals surface area contributed by atoms with E-state index in [0.29, 0.717) is 6.04 Å². The maximum absolute atomic E-state index is 4.17. The number of likely N-dealkylation sites (tertiary alicyclic amines) is 1. The molecule has 4 rings (SSSR count). The van der Waals surface area contributed by atoms with Crippen molar-refractivity contribution in [3.63, 3.8) is 0 Å². The summed E-state index contributed by atoms with van der Waals surface area (Å²) in [6.07, 6.45) is 9.60. The Bertz CT molecular complexity index is 841. The Hall–Kier alpha value is -1.78. The van der Waals surface area contributed by atoms with Crippen LogP contribution in [-0.4, -0.2) is 40.8 Å². The third-order valence-electron chi connectivity index (χ3n) is 5.19. The van der Waals surface area contributed by atoms with Crippen molar-refractivity contribution in [1.29, 1.82) is 0 Å². The molecule has 1 aromatic carbocycles. The fourth-order valence-corrected chi connectivity index (χ4v) is 4.24. The van der Waals surface area contributed by atoms with Crippen LogP contribution in [0.4, 0.5) is 0 Å². The van der Waals surface area contributed by atoms with Crippen LogP contribution in [-0.2, 0) is 6.42 Å². The Labute approximate surface area is 147 Å². The summed E-state index contributed by atoms with van der Waals surface area (Å²) in [5.41, 5.74) is 5.16. The van der Waals surface area contributed by atoms with Gasteiger partial charge in [0.05, 0.1) is 0 Å². The second-order valence-corrected chi connectivity index (χ2v) is 7.49. The van der Waals surface area contributed by atoms with Crippen molar-refractivity contribution in [2.24, 2.45) is 0 Å². The Morgan fingerprint density at radius 3 is 2.79 bits per heavy atom. The van der Waals surface area contributed by atoms with Crippen LogP contribution in [0.5, 0.6) is 0 Å². The summed E-state index contributed by atoms with van der Waals surface area (Å²) in [7, 11) is 2.26. The molecule has 124 valence electrons. The van der Waals surface area contributed by atoms with E-state index in [1.807, 2.05) is 12.4 Å². The van der Waals surface area contributed by atoms with Gasteiger partial charge in [-0.3, -0.25) is 4.98 Å². The molecule has 1 N–H and O–H groups in total. The van der Waals surface area contributed by atoms with Crippen LogP contribution in [0.2, 0.25) is 0 Å². The van der Waals surface area contributed by atoms with Gasteiger partial charge in [0, 0.05) is 45.5 Å². The number of fused-ring (bicyclic) bond motifs is 1. The molecule has 3 nitrogen and oxygen atoms in total. The molecule has 1 aliphatic rings. The zero-order valence-corrected chi connectivity index (χ0v) is 15.1. The lowest BCUT2D eigenvalue weighted by Gasteiger charge is -2.20. The molecule has 0 amide bonds. The molecule has 0 bridgehead atoms. The highest BCUT2D eigenvalue weighted by Crippen LogP contribution is 2.35. The quantitative estimate of drug-likeness (QED) is 0.707. The van der Waals surface area contributed by atoms with Crippen LogP contribution in [0.3, 0.4) is 0 Å². The zero-order valence-electron chi connectivity index (χ0n) is 14.2.